The van der Waals surface area contributed by atoms with Crippen LogP contribution in [-0.4, -0.2) is 34.8 Å². The molecule has 2 rings (SSSR count). The first-order valence-corrected chi connectivity index (χ1v) is 4.36. The van der Waals surface area contributed by atoms with Crippen LogP contribution < -0.4 is 0 Å². The fourth-order valence-corrected chi connectivity index (χ4v) is 1.50. The lowest BCUT2D eigenvalue weighted by atomic mass is 10.2. The molecule has 0 aromatic rings. The van der Waals surface area contributed by atoms with Crippen LogP contribution in [0.2, 0.25) is 0 Å². The molecule has 1 unspecified atom stereocenters. The van der Waals surface area contributed by atoms with Gasteiger partial charge in [-0.15, -0.1) is 0 Å². The van der Waals surface area contributed by atoms with Crippen LogP contribution in [-0.2, 0) is 9.53 Å². The van der Waals surface area contributed by atoms with Crippen molar-refractivity contribution in [3.63, 3.8) is 0 Å². The minimum absolute atomic E-state index is 0.118. The van der Waals surface area contributed by atoms with Gasteiger partial charge >= 0.3 is 12.1 Å². The highest BCUT2D eigenvalue weighted by atomic mass is 16.6. The molecule has 72 valence electrons. The van der Waals surface area contributed by atoms with Gasteiger partial charge in [0.15, 0.2) is 6.23 Å². The molecule has 0 aromatic heterocycles. The quantitative estimate of drug-likeness (QED) is 0.641. The Morgan fingerprint density at radius 3 is 2.85 bits per heavy atom. The molecule has 1 aliphatic carbocycles. The van der Waals surface area contributed by atoms with Gasteiger partial charge in [-0.05, 0) is 18.8 Å². The maximum Gasteiger partial charge on any atom is 0.410 e. The van der Waals surface area contributed by atoms with Crippen LogP contribution in [0.1, 0.15) is 19.3 Å². The summed E-state index contributed by atoms with van der Waals surface area (Å²) in [7, 11) is 0. The highest BCUT2D eigenvalue weighted by molar-refractivity contribution is 5.80. The monoisotopic (exact) mass is 185 g/mol. The molecule has 0 bridgehead atoms. The normalized spacial score (nSPS) is 27.5. The lowest BCUT2D eigenvalue weighted by molar-refractivity contribution is -0.141. The van der Waals surface area contributed by atoms with Crippen molar-refractivity contribution in [2.75, 3.05) is 6.54 Å². The van der Waals surface area contributed by atoms with Gasteiger partial charge in [-0.25, -0.2) is 4.79 Å². The molecule has 0 spiro atoms. The zero-order chi connectivity index (χ0) is 9.42. The van der Waals surface area contributed by atoms with Gasteiger partial charge in [0.1, 0.15) is 6.54 Å². The van der Waals surface area contributed by atoms with E-state index in [0.717, 1.165) is 17.7 Å². The number of carbonyl (C=O) groups is 2. The summed E-state index contributed by atoms with van der Waals surface area (Å²) < 4.78 is 4.89. The van der Waals surface area contributed by atoms with E-state index in [1.807, 2.05) is 0 Å². The Morgan fingerprint density at radius 1 is 1.62 bits per heavy atom. The van der Waals surface area contributed by atoms with Crippen molar-refractivity contribution in [2.24, 2.45) is 5.92 Å². The zero-order valence-electron chi connectivity index (χ0n) is 7.10. The second-order valence-corrected chi connectivity index (χ2v) is 3.53. The molecule has 1 heterocycles. The van der Waals surface area contributed by atoms with E-state index in [-0.39, 0.29) is 6.54 Å². The first-order valence-electron chi connectivity index (χ1n) is 4.36. The highest BCUT2D eigenvalue weighted by Gasteiger charge is 2.39. The summed E-state index contributed by atoms with van der Waals surface area (Å²) in [4.78, 5) is 22.6. The van der Waals surface area contributed by atoms with Crippen molar-refractivity contribution in [1.29, 1.82) is 0 Å². The smallest absolute Gasteiger partial charge is 0.410 e. The number of carboxylic acid groups (broad SMARTS) is 1. The fraction of sp³-hybridized carbons (Fsp3) is 0.750. The van der Waals surface area contributed by atoms with Crippen LogP contribution in [0.4, 0.5) is 4.79 Å². The average Bonchev–Trinajstić information content (AvgIpc) is 2.75. The Kier molecular flexibility index (Phi) is 1.86. The summed E-state index contributed by atoms with van der Waals surface area (Å²) in [5, 5.41) is 8.73. The SMILES string of the molecule is O=C1CN(C(=O)O)C(CC2CC2)O1. The molecule has 2 aliphatic rings. The van der Waals surface area contributed by atoms with Crippen LogP contribution in [0.5, 0.6) is 0 Å². The van der Waals surface area contributed by atoms with Gasteiger partial charge in [-0.3, -0.25) is 9.69 Å². The number of hydrogen-bond acceptors (Lipinski definition) is 3. The Morgan fingerprint density at radius 2 is 2.31 bits per heavy atom. The second-order valence-electron chi connectivity index (χ2n) is 3.53. The fourth-order valence-electron chi connectivity index (χ4n) is 1.50. The number of cyclic esters (lactones) is 1. The van der Waals surface area contributed by atoms with Crippen molar-refractivity contribution in [3.05, 3.63) is 0 Å². The van der Waals surface area contributed by atoms with E-state index in [4.69, 9.17) is 9.84 Å². The van der Waals surface area contributed by atoms with Gasteiger partial charge in [-0.2, -0.15) is 0 Å². The number of ether oxygens (including phenoxy) is 1. The number of esters is 1. The maximum absolute atomic E-state index is 10.8. The van der Waals surface area contributed by atoms with Crippen LogP contribution in [0, 0.1) is 5.92 Å². The predicted octanol–water partition coefficient (Wildman–Crippen LogP) is 0.649. The standard InChI is InChI=1S/C8H11NO4/c10-7-4-9(8(11)12)6(13-7)3-5-1-2-5/h5-6H,1-4H2,(H,11,12). The minimum atomic E-state index is -1.07. The lowest BCUT2D eigenvalue weighted by Crippen LogP contribution is -2.35. The molecule has 1 aliphatic heterocycles. The Bertz CT molecular complexity index is 249. The van der Waals surface area contributed by atoms with Gasteiger partial charge < -0.3 is 9.84 Å². The van der Waals surface area contributed by atoms with Gasteiger partial charge in [0, 0.05) is 6.42 Å². The largest absolute Gasteiger partial charge is 0.465 e. The van der Waals surface area contributed by atoms with Crippen LogP contribution in [0.3, 0.4) is 0 Å². The van der Waals surface area contributed by atoms with Crippen molar-refractivity contribution in [1.82, 2.24) is 4.90 Å². The molecule has 2 fully saturated rings. The molecule has 0 radical (unpaired) electrons. The second kappa shape index (κ2) is 2.90. The van der Waals surface area contributed by atoms with Crippen LogP contribution in [0.25, 0.3) is 0 Å². The third-order valence-electron chi connectivity index (χ3n) is 2.39. The molecular weight excluding hydrogens is 174 g/mol. The van der Waals surface area contributed by atoms with E-state index in [0.29, 0.717) is 12.3 Å². The minimum Gasteiger partial charge on any atom is -0.465 e. The third kappa shape index (κ3) is 1.74. The lowest BCUT2D eigenvalue weighted by Gasteiger charge is -2.17. The van der Waals surface area contributed by atoms with E-state index < -0.39 is 18.3 Å². The number of nitrogens with zero attached hydrogens (tertiary/aromatic N) is 1. The molecule has 5 nitrogen and oxygen atoms in total. The summed E-state index contributed by atoms with van der Waals surface area (Å²) in [6.45, 7) is -0.118. The molecule has 1 saturated carbocycles. The van der Waals surface area contributed by atoms with Crippen molar-refractivity contribution in [2.45, 2.75) is 25.5 Å². The molecule has 1 saturated heterocycles. The summed E-state index contributed by atoms with van der Waals surface area (Å²) in [6.07, 6.45) is 1.31. The molecule has 1 N–H and O–H groups in total. The highest BCUT2D eigenvalue weighted by Crippen LogP contribution is 2.35. The third-order valence-corrected chi connectivity index (χ3v) is 2.39. The maximum atomic E-state index is 10.8. The molecule has 1 atom stereocenters. The number of rotatable bonds is 2. The number of carbonyl (C=O) groups excluding carboxylic acids is 1. The van der Waals surface area contributed by atoms with Gasteiger partial charge in [0.2, 0.25) is 0 Å². The predicted molar refractivity (Wildman–Crippen MR) is 42.0 cm³/mol. The van der Waals surface area contributed by atoms with E-state index in [2.05, 4.69) is 0 Å². The molecule has 1 amide bonds. The van der Waals surface area contributed by atoms with Crippen LogP contribution in [0.15, 0.2) is 0 Å². The molecule has 0 aromatic carbocycles. The summed E-state index contributed by atoms with van der Waals surface area (Å²) in [5.74, 6) is 0.116. The van der Waals surface area contributed by atoms with Crippen molar-refractivity contribution in [3.8, 4) is 0 Å². The van der Waals surface area contributed by atoms with E-state index >= 15 is 0 Å². The molecule has 5 heteroatoms. The first kappa shape index (κ1) is 8.34. The Labute approximate surface area is 75.3 Å². The van der Waals surface area contributed by atoms with Gasteiger partial charge in [0.25, 0.3) is 0 Å². The van der Waals surface area contributed by atoms with E-state index in [1.165, 1.54) is 0 Å². The van der Waals surface area contributed by atoms with Crippen LogP contribution >= 0.6 is 0 Å². The van der Waals surface area contributed by atoms with E-state index in [9.17, 15) is 9.59 Å². The van der Waals surface area contributed by atoms with Gasteiger partial charge in [-0.1, -0.05) is 0 Å². The average molecular weight is 185 g/mol. The summed E-state index contributed by atoms with van der Waals surface area (Å²) >= 11 is 0. The molecular formula is C8H11NO4. The summed E-state index contributed by atoms with van der Waals surface area (Å²) in [6, 6.07) is 0. The topological polar surface area (TPSA) is 66.8 Å². The van der Waals surface area contributed by atoms with Gasteiger partial charge in [0.05, 0.1) is 0 Å². The number of amides is 1. The van der Waals surface area contributed by atoms with Crippen molar-refractivity contribution < 1.29 is 19.4 Å². The van der Waals surface area contributed by atoms with E-state index in [1.54, 1.807) is 0 Å². The number of hydrogen-bond donors (Lipinski definition) is 1. The van der Waals surface area contributed by atoms with Crippen molar-refractivity contribution >= 4 is 12.1 Å². The summed E-state index contributed by atoms with van der Waals surface area (Å²) in [5.41, 5.74) is 0. The Hall–Kier alpha value is -1.26. The zero-order valence-corrected chi connectivity index (χ0v) is 7.10. The first-order chi connectivity index (χ1) is 6.16. The Balaban J connectivity index is 1.97. The molecule has 13 heavy (non-hydrogen) atoms.